The number of nitrogens with zero attached hydrogens (tertiary/aromatic N) is 1. The Morgan fingerprint density at radius 1 is 1.56 bits per heavy atom. The molecule has 0 spiro atoms. The fourth-order valence-corrected chi connectivity index (χ4v) is 2.35. The van der Waals surface area contributed by atoms with Crippen molar-refractivity contribution in [1.82, 2.24) is 0 Å². The monoisotopic (exact) mass is 263 g/mol. The van der Waals surface area contributed by atoms with Crippen molar-refractivity contribution in [3.63, 3.8) is 0 Å². The van der Waals surface area contributed by atoms with E-state index in [9.17, 15) is 8.42 Å². The Labute approximate surface area is 98.3 Å². The van der Waals surface area contributed by atoms with Crippen LogP contribution in [-0.2, 0) is 10.1 Å². The van der Waals surface area contributed by atoms with Crippen molar-refractivity contribution in [3.8, 4) is 5.75 Å². The average Bonchev–Trinajstić information content (AvgIpc) is 2.15. The van der Waals surface area contributed by atoms with E-state index in [1.165, 1.54) is 12.1 Å². The third-order valence-corrected chi connectivity index (χ3v) is 3.39. The summed E-state index contributed by atoms with van der Waals surface area (Å²) in [6.07, 6.45) is 0. The number of ether oxygens (including phenoxy) is 1. The van der Waals surface area contributed by atoms with Gasteiger partial charge in [0.05, 0.1) is 17.1 Å². The molecule has 0 saturated carbocycles. The van der Waals surface area contributed by atoms with Crippen molar-refractivity contribution >= 4 is 27.4 Å². The molecule has 0 fully saturated rings. The molecule has 0 aliphatic carbocycles. The minimum atomic E-state index is -4.21. The summed E-state index contributed by atoms with van der Waals surface area (Å²) in [4.78, 5) is 1.65. The topological polar surface area (TPSA) is 66.8 Å². The molecular weight excluding hydrogens is 254 g/mol. The maximum atomic E-state index is 10.9. The maximum Gasteiger partial charge on any atom is 0.294 e. The zero-order valence-electron chi connectivity index (χ0n) is 8.42. The SMILES string of the molecule is CN1CC(Cl)Oc2cc(S(=O)(=O)O)ccc21. The highest BCUT2D eigenvalue weighted by Gasteiger charge is 2.23. The highest BCUT2D eigenvalue weighted by Crippen LogP contribution is 2.35. The summed E-state index contributed by atoms with van der Waals surface area (Å²) in [7, 11) is -2.39. The summed E-state index contributed by atoms with van der Waals surface area (Å²) >= 11 is 5.83. The van der Waals surface area contributed by atoms with E-state index in [4.69, 9.17) is 20.9 Å². The van der Waals surface area contributed by atoms with E-state index >= 15 is 0 Å². The first-order valence-electron chi connectivity index (χ1n) is 4.51. The van der Waals surface area contributed by atoms with E-state index in [-0.39, 0.29) is 4.90 Å². The van der Waals surface area contributed by atoms with Gasteiger partial charge in [-0.25, -0.2) is 0 Å². The summed E-state index contributed by atoms with van der Waals surface area (Å²) in [6, 6.07) is 4.15. The maximum absolute atomic E-state index is 10.9. The van der Waals surface area contributed by atoms with Crippen LogP contribution in [0.25, 0.3) is 0 Å². The first-order valence-corrected chi connectivity index (χ1v) is 6.39. The Morgan fingerprint density at radius 3 is 2.88 bits per heavy atom. The zero-order valence-corrected chi connectivity index (χ0v) is 9.99. The van der Waals surface area contributed by atoms with E-state index in [1.807, 2.05) is 11.9 Å². The first kappa shape index (κ1) is 11.5. The number of alkyl halides is 1. The molecule has 1 N–H and O–H groups in total. The van der Waals surface area contributed by atoms with Crippen molar-refractivity contribution < 1.29 is 17.7 Å². The molecule has 88 valence electrons. The van der Waals surface area contributed by atoms with Crippen LogP contribution in [0.5, 0.6) is 5.75 Å². The number of halogens is 1. The van der Waals surface area contributed by atoms with E-state index < -0.39 is 15.7 Å². The van der Waals surface area contributed by atoms with Gasteiger partial charge in [-0.2, -0.15) is 8.42 Å². The standard InChI is InChI=1S/C9H10ClNO4S/c1-11-5-9(10)15-8-4-6(16(12,13)14)2-3-7(8)11/h2-4,9H,5H2,1H3,(H,12,13,14). The highest BCUT2D eigenvalue weighted by molar-refractivity contribution is 7.85. The molecule has 2 rings (SSSR count). The minimum Gasteiger partial charge on any atom is -0.471 e. The third-order valence-electron chi connectivity index (χ3n) is 2.31. The summed E-state index contributed by atoms with van der Waals surface area (Å²) in [6.45, 7) is 0.514. The fraction of sp³-hybridized carbons (Fsp3) is 0.333. The van der Waals surface area contributed by atoms with Crippen LogP contribution in [0.15, 0.2) is 23.1 Å². The molecule has 16 heavy (non-hydrogen) atoms. The Morgan fingerprint density at radius 2 is 2.25 bits per heavy atom. The van der Waals surface area contributed by atoms with Gasteiger partial charge in [-0.1, -0.05) is 11.6 Å². The van der Waals surface area contributed by atoms with Crippen LogP contribution >= 0.6 is 11.6 Å². The second kappa shape index (κ2) is 3.80. The van der Waals surface area contributed by atoms with Crippen LogP contribution in [0.4, 0.5) is 5.69 Å². The van der Waals surface area contributed by atoms with Crippen molar-refractivity contribution in [3.05, 3.63) is 18.2 Å². The Kier molecular flexibility index (Phi) is 2.73. The first-order chi connectivity index (χ1) is 7.38. The third kappa shape index (κ3) is 2.09. The Hall–Kier alpha value is -0.980. The lowest BCUT2D eigenvalue weighted by molar-refractivity contribution is 0.272. The van der Waals surface area contributed by atoms with Gasteiger partial charge in [0, 0.05) is 13.1 Å². The molecule has 5 nitrogen and oxygen atoms in total. The molecule has 1 aliphatic rings. The van der Waals surface area contributed by atoms with Crippen molar-refractivity contribution in [2.24, 2.45) is 0 Å². The molecular formula is C9H10ClNO4S. The Bertz CT molecular complexity index is 516. The number of rotatable bonds is 1. The van der Waals surface area contributed by atoms with Crippen molar-refractivity contribution in [2.45, 2.75) is 10.5 Å². The second-order valence-electron chi connectivity index (χ2n) is 3.51. The van der Waals surface area contributed by atoms with E-state index in [0.29, 0.717) is 12.3 Å². The number of hydrogen-bond acceptors (Lipinski definition) is 4. The van der Waals surface area contributed by atoms with Gasteiger partial charge in [0.2, 0.25) is 0 Å². The summed E-state index contributed by atoms with van der Waals surface area (Å²) in [5.74, 6) is 0.351. The van der Waals surface area contributed by atoms with Crippen LogP contribution in [0.3, 0.4) is 0 Å². The number of anilines is 1. The number of likely N-dealkylation sites (N-methyl/N-ethyl adjacent to an activating group) is 1. The van der Waals surface area contributed by atoms with Crippen molar-refractivity contribution in [1.29, 1.82) is 0 Å². The summed E-state index contributed by atoms with van der Waals surface area (Å²) in [5.41, 5.74) is 0.207. The van der Waals surface area contributed by atoms with Gasteiger partial charge in [0.1, 0.15) is 5.75 Å². The Balaban J connectivity index is 2.50. The molecule has 0 saturated heterocycles. The van der Waals surface area contributed by atoms with Crippen LogP contribution in [0.1, 0.15) is 0 Å². The van der Waals surface area contributed by atoms with Gasteiger partial charge in [0.25, 0.3) is 10.1 Å². The second-order valence-corrected chi connectivity index (χ2v) is 5.42. The van der Waals surface area contributed by atoms with E-state index in [2.05, 4.69) is 0 Å². The van der Waals surface area contributed by atoms with Gasteiger partial charge in [-0.3, -0.25) is 4.55 Å². The quantitative estimate of drug-likeness (QED) is 0.612. The van der Waals surface area contributed by atoms with E-state index in [1.54, 1.807) is 6.07 Å². The molecule has 1 aromatic carbocycles. The lowest BCUT2D eigenvalue weighted by Gasteiger charge is -2.30. The van der Waals surface area contributed by atoms with Gasteiger partial charge in [-0.15, -0.1) is 0 Å². The number of fused-ring (bicyclic) bond motifs is 1. The zero-order chi connectivity index (χ0) is 11.9. The molecule has 1 aromatic rings. The fourth-order valence-electron chi connectivity index (χ4n) is 1.55. The lowest BCUT2D eigenvalue weighted by Crippen LogP contribution is -2.34. The van der Waals surface area contributed by atoms with Gasteiger partial charge >= 0.3 is 0 Å². The van der Waals surface area contributed by atoms with E-state index in [0.717, 1.165) is 5.69 Å². The van der Waals surface area contributed by atoms with Crippen LogP contribution in [0.2, 0.25) is 0 Å². The van der Waals surface area contributed by atoms with Gasteiger partial charge in [0.15, 0.2) is 5.56 Å². The van der Waals surface area contributed by atoms with Gasteiger partial charge < -0.3 is 9.64 Å². The molecule has 7 heteroatoms. The molecule has 0 amide bonds. The molecule has 0 radical (unpaired) electrons. The molecule has 0 aromatic heterocycles. The molecule has 0 bridgehead atoms. The molecule has 1 unspecified atom stereocenters. The van der Waals surface area contributed by atoms with Crippen LogP contribution < -0.4 is 9.64 Å². The smallest absolute Gasteiger partial charge is 0.294 e. The number of hydrogen-bond donors (Lipinski definition) is 1. The molecule has 1 heterocycles. The number of benzene rings is 1. The predicted molar refractivity (Wildman–Crippen MR) is 59.8 cm³/mol. The predicted octanol–water partition coefficient (Wildman–Crippen LogP) is 1.33. The average molecular weight is 264 g/mol. The van der Waals surface area contributed by atoms with Gasteiger partial charge in [-0.05, 0) is 12.1 Å². The minimum absolute atomic E-state index is 0.203. The van der Waals surface area contributed by atoms with Crippen LogP contribution in [0, 0.1) is 0 Å². The summed E-state index contributed by atoms with van der Waals surface area (Å²) < 4.78 is 36.0. The van der Waals surface area contributed by atoms with Crippen LogP contribution in [-0.4, -0.2) is 32.1 Å². The molecule has 1 atom stereocenters. The normalized spacial score (nSPS) is 20.2. The lowest BCUT2D eigenvalue weighted by atomic mass is 10.2. The summed E-state index contributed by atoms with van der Waals surface area (Å²) in [5, 5.41) is 0. The highest BCUT2D eigenvalue weighted by atomic mass is 35.5. The van der Waals surface area contributed by atoms with Crippen molar-refractivity contribution in [2.75, 3.05) is 18.5 Å². The largest absolute Gasteiger partial charge is 0.471 e. The molecule has 1 aliphatic heterocycles.